The molecular weight excluding hydrogens is 499 g/mol. The Morgan fingerprint density at radius 2 is 1.76 bits per heavy atom. The van der Waals surface area contributed by atoms with Gasteiger partial charge in [-0.05, 0) is 18.1 Å². The third-order valence-corrected chi connectivity index (χ3v) is 5.24. The molecule has 0 bridgehead atoms. The van der Waals surface area contributed by atoms with Crippen molar-refractivity contribution in [2.45, 2.75) is 32.6 Å². The van der Waals surface area contributed by atoms with Gasteiger partial charge in [0.15, 0.2) is 5.82 Å². The minimum absolute atomic E-state index is 0.0303. The van der Waals surface area contributed by atoms with Crippen molar-refractivity contribution < 1.29 is 31.5 Å². The number of alkyl halides is 3. The summed E-state index contributed by atoms with van der Waals surface area (Å²) in [5.74, 6) is -3.43. The van der Waals surface area contributed by atoms with Crippen LogP contribution in [0.2, 0.25) is 0 Å². The smallest absolute Gasteiger partial charge is 0.366 e. The number of hydrogen-bond donors (Lipinski definition) is 3. The minimum atomic E-state index is -4.68. The van der Waals surface area contributed by atoms with Crippen molar-refractivity contribution in [3.05, 3.63) is 71.2 Å². The van der Waals surface area contributed by atoms with Crippen LogP contribution in [-0.4, -0.2) is 39.9 Å². The number of nitrogens with zero attached hydrogens (tertiary/aromatic N) is 3. The van der Waals surface area contributed by atoms with E-state index in [0.29, 0.717) is 12.3 Å². The Hall–Kier alpha value is -4.16. The van der Waals surface area contributed by atoms with Gasteiger partial charge in [0.05, 0.1) is 5.56 Å². The van der Waals surface area contributed by atoms with Gasteiger partial charge in [-0.25, -0.2) is 18.7 Å². The molecule has 196 valence electrons. The molecule has 0 aliphatic carbocycles. The summed E-state index contributed by atoms with van der Waals surface area (Å²) in [6, 6.07) is 4.01. The fourth-order valence-corrected chi connectivity index (χ4v) is 3.26. The third kappa shape index (κ3) is 6.96. The molecule has 0 saturated carbocycles. The molecule has 8 nitrogen and oxygen atoms in total. The lowest BCUT2D eigenvalue weighted by Crippen LogP contribution is -2.49. The first-order valence-electron chi connectivity index (χ1n) is 11.0. The van der Waals surface area contributed by atoms with E-state index in [0.717, 1.165) is 18.3 Å². The molecule has 2 amide bonds. The number of carbonyl (C=O) groups is 2. The topological polar surface area (TPSA) is 109 Å². The Morgan fingerprint density at radius 3 is 2.38 bits per heavy atom. The number of aromatic nitrogens is 3. The summed E-state index contributed by atoms with van der Waals surface area (Å²) < 4.78 is 66.9. The second-order valence-electron chi connectivity index (χ2n) is 8.32. The maximum Gasteiger partial charge on any atom is 0.417 e. The Labute approximate surface area is 208 Å². The van der Waals surface area contributed by atoms with Crippen LogP contribution in [0.1, 0.15) is 35.5 Å². The van der Waals surface area contributed by atoms with Crippen molar-refractivity contribution >= 4 is 17.6 Å². The fraction of sp³-hybridized carbons (Fsp3) is 0.292. The van der Waals surface area contributed by atoms with Gasteiger partial charge in [0.1, 0.15) is 29.2 Å². The van der Waals surface area contributed by atoms with Crippen LogP contribution in [0.3, 0.4) is 0 Å². The van der Waals surface area contributed by atoms with E-state index in [1.807, 2.05) is 0 Å². The van der Waals surface area contributed by atoms with Crippen LogP contribution in [0.15, 0.2) is 42.7 Å². The Bertz CT molecular complexity index is 1300. The number of pyridine rings is 1. The maximum absolute atomic E-state index is 14.1. The highest BCUT2D eigenvalue weighted by atomic mass is 19.4. The van der Waals surface area contributed by atoms with E-state index in [-0.39, 0.29) is 40.9 Å². The number of rotatable bonds is 8. The molecular formula is C24H23F5N6O2. The third-order valence-electron chi connectivity index (χ3n) is 5.24. The summed E-state index contributed by atoms with van der Waals surface area (Å²) in [5.41, 5.74) is -1.37. The van der Waals surface area contributed by atoms with E-state index in [4.69, 9.17) is 0 Å². The molecule has 0 saturated heterocycles. The van der Waals surface area contributed by atoms with E-state index < -0.39 is 41.2 Å². The molecule has 37 heavy (non-hydrogen) atoms. The number of hydrogen-bond acceptors (Lipinski definition) is 6. The van der Waals surface area contributed by atoms with Crippen LogP contribution in [-0.2, 0) is 17.5 Å². The molecule has 0 aliphatic rings. The predicted octanol–water partition coefficient (Wildman–Crippen LogP) is 3.95. The van der Waals surface area contributed by atoms with Gasteiger partial charge in [-0.15, -0.1) is 0 Å². The molecule has 0 unspecified atom stereocenters. The number of halogens is 5. The molecule has 1 atom stereocenters. The number of anilines is 1. The number of benzene rings is 1. The van der Waals surface area contributed by atoms with Gasteiger partial charge in [0.2, 0.25) is 5.91 Å². The molecule has 13 heteroatoms. The quantitative estimate of drug-likeness (QED) is 0.387. The van der Waals surface area contributed by atoms with Crippen molar-refractivity contribution in [2.75, 3.05) is 12.4 Å². The van der Waals surface area contributed by atoms with Crippen molar-refractivity contribution in [1.82, 2.24) is 25.6 Å². The number of nitrogens with one attached hydrogen (secondary N) is 3. The Morgan fingerprint density at radius 1 is 1.03 bits per heavy atom. The Balaban J connectivity index is 2.01. The summed E-state index contributed by atoms with van der Waals surface area (Å²) >= 11 is 0. The van der Waals surface area contributed by atoms with Gasteiger partial charge in [-0.2, -0.15) is 13.2 Å². The van der Waals surface area contributed by atoms with Crippen LogP contribution in [0.5, 0.6) is 0 Å². The van der Waals surface area contributed by atoms with Gasteiger partial charge in [-0.3, -0.25) is 14.6 Å². The average Bonchev–Trinajstić information content (AvgIpc) is 2.85. The molecule has 0 spiro atoms. The lowest BCUT2D eigenvalue weighted by molar-refractivity contribution is -0.137. The first kappa shape index (κ1) is 27.4. The summed E-state index contributed by atoms with van der Waals surface area (Å²) in [7, 11) is 1.41. The zero-order valence-corrected chi connectivity index (χ0v) is 20.0. The van der Waals surface area contributed by atoms with Crippen LogP contribution in [0.25, 0.3) is 11.4 Å². The maximum atomic E-state index is 14.1. The monoisotopic (exact) mass is 522 g/mol. The van der Waals surface area contributed by atoms with E-state index in [1.54, 1.807) is 13.8 Å². The molecule has 0 radical (unpaired) electrons. The molecule has 0 fully saturated rings. The molecule has 0 aliphatic heterocycles. The molecule has 2 heterocycles. The van der Waals surface area contributed by atoms with E-state index >= 15 is 0 Å². The van der Waals surface area contributed by atoms with E-state index in [1.165, 1.54) is 19.2 Å². The zero-order chi connectivity index (χ0) is 27.3. The van der Waals surface area contributed by atoms with E-state index in [9.17, 15) is 31.5 Å². The van der Waals surface area contributed by atoms with Gasteiger partial charge in [0.25, 0.3) is 5.91 Å². The van der Waals surface area contributed by atoms with Crippen LogP contribution in [0, 0.1) is 17.6 Å². The molecule has 1 aromatic carbocycles. The molecule has 2 aromatic heterocycles. The highest BCUT2D eigenvalue weighted by Crippen LogP contribution is 2.31. The standard InChI is InChI=1S/C24H23F5N6O2/c1-12(2)20(23(37)30-3)35-22(36)18-8-19(32-10-13-4-5-16(25)7-17(13)26)34-21(33-18)14-6-15(11-31-9-14)24(27,28)29/h4-9,11-12,20H,10H2,1-3H3,(H,30,37)(H,35,36)(H,32,33,34)/t20-/m1/s1. The van der Waals surface area contributed by atoms with Crippen molar-refractivity contribution in [3.63, 3.8) is 0 Å². The predicted molar refractivity (Wildman–Crippen MR) is 124 cm³/mol. The van der Waals surface area contributed by atoms with Crippen molar-refractivity contribution in [1.29, 1.82) is 0 Å². The van der Waals surface area contributed by atoms with Crippen molar-refractivity contribution in [2.24, 2.45) is 5.92 Å². The highest BCUT2D eigenvalue weighted by Gasteiger charge is 2.31. The van der Waals surface area contributed by atoms with Gasteiger partial charge >= 0.3 is 6.18 Å². The largest absolute Gasteiger partial charge is 0.417 e. The highest BCUT2D eigenvalue weighted by molar-refractivity contribution is 5.97. The SMILES string of the molecule is CNC(=O)[C@H](NC(=O)c1cc(NCc2ccc(F)cc2F)nc(-c2cncc(C(F)(F)F)c2)n1)C(C)C. The summed E-state index contributed by atoms with van der Waals surface area (Å²) in [4.78, 5) is 37.0. The second kappa shape index (κ2) is 11.3. The van der Waals surface area contributed by atoms with Crippen molar-refractivity contribution in [3.8, 4) is 11.4 Å². The summed E-state index contributed by atoms with van der Waals surface area (Å²) in [5, 5.41) is 7.76. The summed E-state index contributed by atoms with van der Waals surface area (Å²) in [6.07, 6.45) is -2.96. The summed E-state index contributed by atoms with van der Waals surface area (Å²) in [6.45, 7) is 3.24. The average molecular weight is 522 g/mol. The van der Waals surface area contributed by atoms with Gasteiger partial charge < -0.3 is 16.0 Å². The van der Waals surface area contributed by atoms with Gasteiger partial charge in [0, 0.05) is 49.2 Å². The molecule has 3 aromatic rings. The van der Waals surface area contributed by atoms with Gasteiger partial charge in [-0.1, -0.05) is 19.9 Å². The minimum Gasteiger partial charge on any atom is -0.366 e. The fourth-order valence-electron chi connectivity index (χ4n) is 3.26. The number of likely N-dealkylation sites (N-methyl/N-ethyl adjacent to an activating group) is 1. The van der Waals surface area contributed by atoms with Crippen LogP contribution in [0.4, 0.5) is 27.8 Å². The Kier molecular flexibility index (Phi) is 8.35. The first-order valence-corrected chi connectivity index (χ1v) is 11.0. The normalized spacial score (nSPS) is 12.2. The molecule has 3 N–H and O–H groups in total. The lowest BCUT2D eigenvalue weighted by atomic mass is 10.0. The molecule has 3 rings (SSSR count). The van der Waals surface area contributed by atoms with Crippen LogP contribution < -0.4 is 16.0 Å². The number of amides is 2. The zero-order valence-electron chi connectivity index (χ0n) is 20.0. The number of carbonyl (C=O) groups excluding carboxylic acids is 2. The first-order chi connectivity index (χ1) is 17.4. The van der Waals surface area contributed by atoms with E-state index in [2.05, 4.69) is 30.9 Å². The lowest BCUT2D eigenvalue weighted by Gasteiger charge is -2.20. The van der Waals surface area contributed by atoms with Crippen LogP contribution >= 0.6 is 0 Å². The second-order valence-corrected chi connectivity index (χ2v) is 8.32.